The largest absolute Gasteiger partial charge is 0.493 e. The first-order valence-corrected chi connectivity index (χ1v) is 8.56. The third kappa shape index (κ3) is 6.40. The molecule has 2 aromatic carbocycles. The molecule has 2 rings (SSSR count). The Morgan fingerprint density at radius 1 is 1.07 bits per heavy atom. The number of hydrogen-bond acceptors (Lipinski definition) is 5. The van der Waals surface area contributed by atoms with Crippen LogP contribution in [0.15, 0.2) is 48.5 Å². The predicted octanol–water partition coefficient (Wildman–Crippen LogP) is 3.38. The highest BCUT2D eigenvalue weighted by atomic mass is 32.1. The van der Waals surface area contributed by atoms with E-state index in [4.69, 9.17) is 26.4 Å². The van der Waals surface area contributed by atoms with Gasteiger partial charge in [0.15, 0.2) is 16.6 Å². The molecule has 0 heterocycles. The van der Waals surface area contributed by atoms with Crippen molar-refractivity contribution in [2.24, 2.45) is 0 Å². The van der Waals surface area contributed by atoms with Crippen molar-refractivity contribution in [3.8, 4) is 11.5 Å². The summed E-state index contributed by atoms with van der Waals surface area (Å²) in [7, 11) is 4.76. The van der Waals surface area contributed by atoms with Gasteiger partial charge in [-0.25, -0.2) is 0 Å². The first kappa shape index (κ1) is 20.4. The topological polar surface area (TPSA) is 68.8 Å². The van der Waals surface area contributed by atoms with E-state index >= 15 is 0 Å². The number of ether oxygens (including phenoxy) is 3. The molecule has 0 saturated heterocycles. The Labute approximate surface area is 164 Å². The minimum absolute atomic E-state index is 0.214. The highest BCUT2D eigenvalue weighted by Crippen LogP contribution is 2.27. The molecule has 6 nitrogen and oxygen atoms in total. The maximum atomic E-state index is 12.1. The lowest BCUT2D eigenvalue weighted by Gasteiger charge is -2.09. The van der Waals surface area contributed by atoms with Gasteiger partial charge in [0.2, 0.25) is 5.91 Å². The lowest BCUT2D eigenvalue weighted by atomic mass is 10.2. The van der Waals surface area contributed by atoms with Crippen molar-refractivity contribution >= 4 is 35.0 Å². The lowest BCUT2D eigenvalue weighted by Crippen LogP contribution is -2.32. The summed E-state index contributed by atoms with van der Waals surface area (Å²) in [4.78, 5) is 12.1. The van der Waals surface area contributed by atoms with Crippen LogP contribution in [-0.4, -0.2) is 32.3 Å². The standard InChI is InChI=1S/C20H22N2O4S/c1-24-13-15-5-4-6-16(11-15)21-20(27)22-19(23)10-8-14-7-9-17(25-2)18(12-14)26-3/h4-12H,13H2,1-3H3,(H2,21,22,23,27)/b10-8+. The molecule has 7 heteroatoms. The van der Waals surface area contributed by atoms with Gasteiger partial charge in [-0.3, -0.25) is 10.1 Å². The molecule has 0 aliphatic heterocycles. The summed E-state index contributed by atoms with van der Waals surface area (Å²) < 4.78 is 15.5. The van der Waals surface area contributed by atoms with Crippen LogP contribution < -0.4 is 20.1 Å². The molecule has 0 radical (unpaired) electrons. The number of amides is 1. The molecule has 0 aromatic heterocycles. The third-order valence-corrected chi connectivity index (χ3v) is 3.77. The van der Waals surface area contributed by atoms with Crippen molar-refractivity contribution in [3.63, 3.8) is 0 Å². The summed E-state index contributed by atoms with van der Waals surface area (Å²) in [6.45, 7) is 0.503. The number of anilines is 1. The van der Waals surface area contributed by atoms with Gasteiger partial charge in [-0.2, -0.15) is 0 Å². The Morgan fingerprint density at radius 2 is 1.85 bits per heavy atom. The van der Waals surface area contributed by atoms with Gasteiger partial charge in [0.25, 0.3) is 0 Å². The summed E-state index contributed by atoms with van der Waals surface area (Å²) in [5, 5.41) is 5.80. The molecule has 27 heavy (non-hydrogen) atoms. The van der Waals surface area contributed by atoms with Crippen LogP contribution in [0.3, 0.4) is 0 Å². The summed E-state index contributed by atoms with van der Waals surface area (Å²) in [5.41, 5.74) is 2.58. The van der Waals surface area contributed by atoms with E-state index < -0.39 is 0 Å². The molecule has 0 aliphatic carbocycles. The zero-order valence-electron chi connectivity index (χ0n) is 15.4. The number of carbonyl (C=O) groups is 1. The molecule has 0 spiro atoms. The molecule has 0 atom stereocenters. The van der Waals surface area contributed by atoms with Crippen molar-refractivity contribution in [1.82, 2.24) is 5.32 Å². The number of nitrogens with one attached hydrogen (secondary N) is 2. The number of carbonyl (C=O) groups excluding carboxylic acids is 1. The molecule has 0 aliphatic rings. The maximum Gasteiger partial charge on any atom is 0.250 e. The van der Waals surface area contributed by atoms with E-state index in [2.05, 4.69) is 10.6 Å². The van der Waals surface area contributed by atoms with Gasteiger partial charge >= 0.3 is 0 Å². The minimum atomic E-state index is -0.338. The van der Waals surface area contributed by atoms with Gasteiger partial charge in [0.05, 0.1) is 20.8 Å². The molecule has 142 valence electrons. The van der Waals surface area contributed by atoms with Gasteiger partial charge in [0.1, 0.15) is 0 Å². The Morgan fingerprint density at radius 3 is 2.56 bits per heavy atom. The summed E-state index contributed by atoms with van der Waals surface area (Å²) in [6, 6.07) is 13.0. The quantitative estimate of drug-likeness (QED) is 0.562. The maximum absolute atomic E-state index is 12.1. The van der Waals surface area contributed by atoms with Gasteiger partial charge in [0, 0.05) is 18.9 Å². The van der Waals surface area contributed by atoms with Crippen LogP contribution in [0.2, 0.25) is 0 Å². The highest BCUT2D eigenvalue weighted by Gasteiger charge is 2.05. The van der Waals surface area contributed by atoms with E-state index in [-0.39, 0.29) is 11.0 Å². The van der Waals surface area contributed by atoms with Crippen LogP contribution in [0.1, 0.15) is 11.1 Å². The average Bonchev–Trinajstić information content (AvgIpc) is 2.66. The molecule has 0 unspecified atom stereocenters. The summed E-state index contributed by atoms with van der Waals surface area (Å²) >= 11 is 5.18. The Balaban J connectivity index is 1.94. The predicted molar refractivity (Wildman–Crippen MR) is 110 cm³/mol. The van der Waals surface area contributed by atoms with Crippen molar-refractivity contribution in [2.75, 3.05) is 26.6 Å². The fourth-order valence-corrected chi connectivity index (χ4v) is 2.57. The van der Waals surface area contributed by atoms with E-state index in [0.29, 0.717) is 18.1 Å². The normalized spacial score (nSPS) is 10.5. The number of benzene rings is 2. The molecular formula is C20H22N2O4S. The fraction of sp³-hybridized carbons (Fsp3) is 0.200. The van der Waals surface area contributed by atoms with Gasteiger partial charge < -0.3 is 19.5 Å². The summed E-state index contributed by atoms with van der Waals surface area (Å²) in [5.74, 6) is 0.878. The van der Waals surface area contributed by atoms with Gasteiger partial charge in [-0.15, -0.1) is 0 Å². The third-order valence-electron chi connectivity index (χ3n) is 3.57. The molecule has 2 aromatic rings. The number of rotatable bonds is 7. The number of methoxy groups -OCH3 is 3. The van der Waals surface area contributed by atoms with Crippen LogP contribution in [0, 0.1) is 0 Å². The van der Waals surface area contributed by atoms with E-state index in [1.807, 2.05) is 30.3 Å². The first-order chi connectivity index (χ1) is 13.0. The molecule has 0 saturated carbocycles. The van der Waals surface area contributed by atoms with Crippen LogP contribution in [0.25, 0.3) is 6.08 Å². The molecule has 1 amide bonds. The molecule has 0 fully saturated rings. The van der Waals surface area contributed by atoms with Gasteiger partial charge in [-0.05, 0) is 53.7 Å². The monoisotopic (exact) mass is 386 g/mol. The Bertz CT molecular complexity index is 836. The van der Waals surface area contributed by atoms with Crippen LogP contribution >= 0.6 is 12.2 Å². The van der Waals surface area contributed by atoms with E-state index in [1.54, 1.807) is 39.5 Å². The first-order valence-electron chi connectivity index (χ1n) is 8.15. The average molecular weight is 386 g/mol. The van der Waals surface area contributed by atoms with Crippen molar-refractivity contribution < 1.29 is 19.0 Å². The molecular weight excluding hydrogens is 364 g/mol. The van der Waals surface area contributed by atoms with Crippen LogP contribution in [-0.2, 0) is 16.1 Å². The second kappa shape index (κ2) is 10.3. The van der Waals surface area contributed by atoms with Crippen molar-refractivity contribution in [3.05, 3.63) is 59.7 Å². The highest BCUT2D eigenvalue weighted by molar-refractivity contribution is 7.80. The Hall–Kier alpha value is -2.90. The number of thiocarbonyl (C=S) groups is 1. The zero-order valence-corrected chi connectivity index (χ0v) is 16.3. The smallest absolute Gasteiger partial charge is 0.250 e. The van der Waals surface area contributed by atoms with Crippen LogP contribution in [0.5, 0.6) is 11.5 Å². The van der Waals surface area contributed by atoms with Crippen molar-refractivity contribution in [1.29, 1.82) is 0 Å². The van der Waals surface area contributed by atoms with E-state index in [0.717, 1.165) is 16.8 Å². The van der Waals surface area contributed by atoms with Crippen molar-refractivity contribution in [2.45, 2.75) is 6.61 Å². The molecule has 0 bridgehead atoms. The second-order valence-electron chi connectivity index (χ2n) is 5.52. The van der Waals surface area contributed by atoms with Crippen LogP contribution in [0.4, 0.5) is 5.69 Å². The van der Waals surface area contributed by atoms with E-state index in [1.165, 1.54) is 6.08 Å². The Kier molecular flexibility index (Phi) is 7.79. The zero-order chi connectivity index (χ0) is 19.6. The van der Waals surface area contributed by atoms with E-state index in [9.17, 15) is 4.79 Å². The molecule has 2 N–H and O–H groups in total. The lowest BCUT2D eigenvalue weighted by molar-refractivity contribution is -0.115. The second-order valence-corrected chi connectivity index (χ2v) is 5.93. The summed E-state index contributed by atoms with van der Waals surface area (Å²) in [6.07, 6.45) is 3.07. The number of hydrogen-bond donors (Lipinski definition) is 2. The fourth-order valence-electron chi connectivity index (χ4n) is 2.35. The minimum Gasteiger partial charge on any atom is -0.493 e. The van der Waals surface area contributed by atoms with Gasteiger partial charge in [-0.1, -0.05) is 18.2 Å². The SMILES string of the molecule is COCc1cccc(NC(=S)NC(=O)/C=C/c2ccc(OC)c(OC)c2)c1.